The molecule has 0 heterocycles. The maximum absolute atomic E-state index is 4.47. The molecule has 2 aromatic carbocycles. The molecule has 0 N–H and O–H groups in total. The molecule has 0 amide bonds. The van der Waals surface area contributed by atoms with Gasteiger partial charge < -0.3 is 4.90 Å². The minimum Gasteiger partial charge on any atom is -0.355 e. The molecular weight excluding hydrogens is 280 g/mol. The highest BCUT2D eigenvalue weighted by atomic mass is 15.2. The molecule has 0 fully saturated rings. The van der Waals surface area contributed by atoms with Crippen molar-refractivity contribution in [2.24, 2.45) is 4.99 Å². The summed E-state index contributed by atoms with van der Waals surface area (Å²) in [5.74, 6) is 0. The van der Waals surface area contributed by atoms with Gasteiger partial charge in [-0.3, -0.25) is 4.99 Å². The van der Waals surface area contributed by atoms with Crippen LogP contribution in [0, 0.1) is 6.92 Å². The smallest absolute Gasteiger partial charge is 0.0899 e. The molecule has 0 saturated heterocycles. The zero-order chi connectivity index (χ0) is 16.1. The summed E-state index contributed by atoms with van der Waals surface area (Å²) in [7, 11) is 1.86. The molecule has 0 radical (unpaired) electrons. The molecule has 0 saturated carbocycles. The molecule has 2 heteroatoms. The van der Waals surface area contributed by atoms with E-state index in [1.54, 1.807) is 0 Å². The number of aliphatic imine (C=N–C) groups is 1. The highest BCUT2D eigenvalue weighted by molar-refractivity contribution is 6.03. The fourth-order valence-corrected chi connectivity index (χ4v) is 2.85. The zero-order valence-electron chi connectivity index (χ0n) is 13.7. The van der Waals surface area contributed by atoms with Crippen molar-refractivity contribution in [2.75, 3.05) is 11.9 Å². The number of allylic oxidation sites excluding steroid dienone is 2. The molecule has 2 aromatic rings. The van der Waals surface area contributed by atoms with Crippen molar-refractivity contribution in [1.82, 2.24) is 0 Å². The predicted molar refractivity (Wildman–Crippen MR) is 99.2 cm³/mol. The summed E-state index contributed by atoms with van der Waals surface area (Å²) in [4.78, 5) is 6.86. The van der Waals surface area contributed by atoms with E-state index in [-0.39, 0.29) is 6.04 Å². The van der Waals surface area contributed by atoms with Gasteiger partial charge in [0.1, 0.15) is 0 Å². The Bertz CT molecular complexity index is 724. The third-order valence-corrected chi connectivity index (χ3v) is 4.13. The first-order valence-electron chi connectivity index (χ1n) is 7.97. The number of rotatable bonds is 4. The summed E-state index contributed by atoms with van der Waals surface area (Å²) < 4.78 is 0. The Kier molecular flexibility index (Phi) is 4.72. The van der Waals surface area contributed by atoms with E-state index in [2.05, 4.69) is 89.6 Å². The molecule has 0 spiro atoms. The maximum atomic E-state index is 4.47. The Morgan fingerprint density at radius 2 is 1.70 bits per heavy atom. The summed E-state index contributed by atoms with van der Waals surface area (Å²) in [5.41, 5.74) is 4.89. The van der Waals surface area contributed by atoms with Gasteiger partial charge in [0.2, 0.25) is 0 Å². The molecule has 1 aliphatic rings. The number of benzene rings is 2. The Labute approximate surface area is 138 Å². The molecule has 116 valence electrons. The van der Waals surface area contributed by atoms with Gasteiger partial charge in [0.25, 0.3) is 0 Å². The molecule has 1 unspecified atom stereocenters. The lowest BCUT2D eigenvalue weighted by Crippen LogP contribution is -2.39. The number of nitrogens with zero attached hydrogens (tertiary/aromatic N) is 2. The standard InChI is InChI=1S/C21H22N2/c1-17-12-14-18(15-13-17)16-23(19-8-4-3-5-9-19)21-11-7-6-10-20(21)22-2/h3-15,21H,16H2,1-2H3. The van der Waals surface area contributed by atoms with Crippen molar-refractivity contribution in [3.63, 3.8) is 0 Å². The first-order valence-corrected chi connectivity index (χ1v) is 7.97. The molecule has 0 aromatic heterocycles. The highest BCUT2D eigenvalue weighted by Gasteiger charge is 2.21. The van der Waals surface area contributed by atoms with Gasteiger partial charge in [-0.2, -0.15) is 0 Å². The Morgan fingerprint density at radius 3 is 2.39 bits per heavy atom. The summed E-state index contributed by atoms with van der Waals surface area (Å²) in [6.07, 6.45) is 8.46. The van der Waals surface area contributed by atoms with Gasteiger partial charge in [0.05, 0.1) is 11.8 Å². The van der Waals surface area contributed by atoms with Gasteiger partial charge in [-0.15, -0.1) is 0 Å². The monoisotopic (exact) mass is 302 g/mol. The van der Waals surface area contributed by atoms with E-state index in [0.717, 1.165) is 12.3 Å². The lowest BCUT2D eigenvalue weighted by molar-refractivity contribution is 0.802. The van der Waals surface area contributed by atoms with Gasteiger partial charge in [0.15, 0.2) is 0 Å². The second-order valence-corrected chi connectivity index (χ2v) is 5.79. The fourth-order valence-electron chi connectivity index (χ4n) is 2.85. The molecule has 0 bridgehead atoms. The van der Waals surface area contributed by atoms with E-state index in [9.17, 15) is 0 Å². The third-order valence-electron chi connectivity index (χ3n) is 4.13. The van der Waals surface area contributed by atoms with Gasteiger partial charge in [0, 0.05) is 19.3 Å². The Hall–Kier alpha value is -2.61. The number of hydrogen-bond donors (Lipinski definition) is 0. The molecule has 2 nitrogen and oxygen atoms in total. The van der Waals surface area contributed by atoms with E-state index in [1.807, 2.05) is 13.1 Å². The Balaban J connectivity index is 1.95. The summed E-state index contributed by atoms with van der Waals surface area (Å²) >= 11 is 0. The van der Waals surface area contributed by atoms with Crippen LogP contribution >= 0.6 is 0 Å². The minimum atomic E-state index is 0.161. The molecule has 23 heavy (non-hydrogen) atoms. The first-order chi connectivity index (χ1) is 11.3. The number of para-hydroxylation sites is 1. The normalized spacial score (nSPS) is 18.3. The molecule has 1 atom stereocenters. The second-order valence-electron chi connectivity index (χ2n) is 5.79. The van der Waals surface area contributed by atoms with Crippen molar-refractivity contribution in [2.45, 2.75) is 19.5 Å². The number of anilines is 1. The van der Waals surface area contributed by atoms with Crippen LogP contribution in [0.3, 0.4) is 0 Å². The van der Waals surface area contributed by atoms with Crippen LogP contribution in [-0.2, 0) is 6.54 Å². The van der Waals surface area contributed by atoms with Crippen LogP contribution in [0.2, 0.25) is 0 Å². The van der Waals surface area contributed by atoms with Crippen molar-refractivity contribution >= 4 is 11.4 Å². The van der Waals surface area contributed by atoms with Gasteiger partial charge in [-0.05, 0) is 30.7 Å². The average molecular weight is 302 g/mol. The first kappa shape index (κ1) is 15.3. The van der Waals surface area contributed by atoms with E-state index in [4.69, 9.17) is 0 Å². The van der Waals surface area contributed by atoms with Crippen LogP contribution in [0.25, 0.3) is 0 Å². The summed E-state index contributed by atoms with van der Waals surface area (Å²) in [6.45, 7) is 2.97. The second kappa shape index (κ2) is 7.10. The van der Waals surface area contributed by atoms with Crippen LogP contribution in [0.4, 0.5) is 5.69 Å². The zero-order valence-corrected chi connectivity index (χ0v) is 13.7. The van der Waals surface area contributed by atoms with Crippen molar-refractivity contribution in [1.29, 1.82) is 0 Å². The van der Waals surface area contributed by atoms with Crippen LogP contribution in [0.15, 0.2) is 83.9 Å². The van der Waals surface area contributed by atoms with Crippen molar-refractivity contribution in [3.05, 3.63) is 90.0 Å². The highest BCUT2D eigenvalue weighted by Crippen LogP contribution is 2.23. The van der Waals surface area contributed by atoms with Crippen molar-refractivity contribution in [3.8, 4) is 0 Å². The lowest BCUT2D eigenvalue weighted by Gasteiger charge is -2.33. The number of hydrogen-bond acceptors (Lipinski definition) is 2. The van der Waals surface area contributed by atoms with Crippen LogP contribution in [0.5, 0.6) is 0 Å². The molecule has 1 aliphatic carbocycles. The van der Waals surface area contributed by atoms with Crippen LogP contribution < -0.4 is 4.90 Å². The number of aryl methyl sites for hydroxylation is 1. The van der Waals surface area contributed by atoms with Gasteiger partial charge >= 0.3 is 0 Å². The molecule has 3 rings (SSSR count). The third kappa shape index (κ3) is 3.59. The Morgan fingerprint density at radius 1 is 0.957 bits per heavy atom. The SMILES string of the molecule is CN=C1C=CC=CC1N(Cc1ccc(C)cc1)c1ccccc1. The summed E-state index contributed by atoms with van der Waals surface area (Å²) in [5, 5.41) is 0. The van der Waals surface area contributed by atoms with E-state index in [0.29, 0.717) is 0 Å². The minimum absolute atomic E-state index is 0.161. The van der Waals surface area contributed by atoms with E-state index < -0.39 is 0 Å². The van der Waals surface area contributed by atoms with E-state index >= 15 is 0 Å². The van der Waals surface area contributed by atoms with Gasteiger partial charge in [-0.25, -0.2) is 0 Å². The molecule has 0 aliphatic heterocycles. The predicted octanol–water partition coefficient (Wildman–Crippen LogP) is 4.57. The average Bonchev–Trinajstić information content (AvgIpc) is 2.62. The quantitative estimate of drug-likeness (QED) is 0.808. The van der Waals surface area contributed by atoms with Crippen LogP contribution in [0.1, 0.15) is 11.1 Å². The van der Waals surface area contributed by atoms with Crippen molar-refractivity contribution < 1.29 is 0 Å². The molecular formula is C21H22N2. The maximum Gasteiger partial charge on any atom is 0.0899 e. The largest absolute Gasteiger partial charge is 0.355 e. The summed E-state index contributed by atoms with van der Waals surface area (Å²) in [6, 6.07) is 19.5. The fraction of sp³-hybridized carbons (Fsp3) is 0.190. The topological polar surface area (TPSA) is 15.6 Å². The van der Waals surface area contributed by atoms with Gasteiger partial charge in [-0.1, -0.05) is 66.3 Å². The van der Waals surface area contributed by atoms with Crippen LogP contribution in [-0.4, -0.2) is 18.8 Å². The van der Waals surface area contributed by atoms with E-state index in [1.165, 1.54) is 16.8 Å². The lowest BCUT2D eigenvalue weighted by atomic mass is 10.0.